The van der Waals surface area contributed by atoms with Crippen LogP contribution >= 0.6 is 24.0 Å². The Hall–Kier alpha value is -1.55. The van der Waals surface area contributed by atoms with Crippen LogP contribution in [-0.4, -0.2) is 51.8 Å². The van der Waals surface area contributed by atoms with Gasteiger partial charge in [-0.1, -0.05) is 19.1 Å². The van der Waals surface area contributed by atoms with Gasteiger partial charge in [-0.05, 0) is 31.9 Å². The molecule has 160 valence electrons. The van der Waals surface area contributed by atoms with E-state index in [0.29, 0.717) is 38.7 Å². The number of hydrogen-bond donors (Lipinski definition) is 3. The number of aryl methyl sites for hydroxylation is 1. The van der Waals surface area contributed by atoms with Crippen molar-refractivity contribution in [1.82, 2.24) is 16.0 Å². The average Bonchev–Trinajstić information content (AvgIpc) is 2.65. The number of ether oxygens (including phenoxy) is 2. The third-order valence-electron chi connectivity index (χ3n) is 4.10. The van der Waals surface area contributed by atoms with Crippen LogP contribution in [0.4, 0.5) is 0 Å². The SMILES string of the molecule is CCC(C)NC(=O)CCNC(=NC)NCc1ccc(C)cc1OCCOC.I. The third-order valence-corrected chi connectivity index (χ3v) is 4.10. The zero-order valence-corrected chi connectivity index (χ0v) is 20.0. The standard InChI is InChI=1S/C20H34N4O3.HI/c1-6-16(3)24-19(25)9-10-22-20(21-4)23-14-17-8-7-15(2)13-18(17)27-12-11-26-5;/h7-8,13,16H,6,9-12,14H2,1-5H3,(H,24,25)(H2,21,22,23);1H. The molecule has 1 atom stereocenters. The van der Waals surface area contributed by atoms with Gasteiger partial charge < -0.3 is 25.4 Å². The number of rotatable bonds is 11. The Morgan fingerprint density at radius 1 is 1.25 bits per heavy atom. The molecule has 0 aromatic heterocycles. The molecule has 1 rings (SSSR count). The molecule has 0 fully saturated rings. The van der Waals surface area contributed by atoms with E-state index >= 15 is 0 Å². The summed E-state index contributed by atoms with van der Waals surface area (Å²) in [7, 11) is 3.36. The lowest BCUT2D eigenvalue weighted by Gasteiger charge is -2.16. The summed E-state index contributed by atoms with van der Waals surface area (Å²) >= 11 is 0. The number of nitrogens with one attached hydrogen (secondary N) is 3. The lowest BCUT2D eigenvalue weighted by molar-refractivity contribution is -0.121. The van der Waals surface area contributed by atoms with E-state index in [-0.39, 0.29) is 35.9 Å². The molecule has 0 aliphatic rings. The molecule has 1 unspecified atom stereocenters. The van der Waals surface area contributed by atoms with Gasteiger partial charge >= 0.3 is 0 Å². The second-order valence-electron chi connectivity index (χ2n) is 6.43. The fourth-order valence-electron chi connectivity index (χ4n) is 2.32. The molecular formula is C20H35IN4O3. The minimum Gasteiger partial charge on any atom is -0.491 e. The molecule has 1 aromatic rings. The number of benzene rings is 1. The first-order valence-electron chi connectivity index (χ1n) is 9.45. The van der Waals surface area contributed by atoms with Crippen molar-refractivity contribution in [2.24, 2.45) is 4.99 Å². The molecule has 0 bridgehead atoms. The maximum atomic E-state index is 11.8. The van der Waals surface area contributed by atoms with Crippen LogP contribution in [0.2, 0.25) is 0 Å². The van der Waals surface area contributed by atoms with Crippen molar-refractivity contribution in [3.8, 4) is 5.75 Å². The number of carbonyl (C=O) groups excluding carboxylic acids is 1. The van der Waals surface area contributed by atoms with Gasteiger partial charge in [0, 0.05) is 45.3 Å². The second-order valence-corrected chi connectivity index (χ2v) is 6.43. The van der Waals surface area contributed by atoms with Crippen molar-refractivity contribution in [1.29, 1.82) is 0 Å². The van der Waals surface area contributed by atoms with Gasteiger partial charge in [0.25, 0.3) is 0 Å². The highest BCUT2D eigenvalue weighted by molar-refractivity contribution is 14.0. The zero-order chi connectivity index (χ0) is 20.1. The molecular weight excluding hydrogens is 471 g/mol. The maximum absolute atomic E-state index is 11.8. The first-order valence-corrected chi connectivity index (χ1v) is 9.45. The summed E-state index contributed by atoms with van der Waals surface area (Å²) in [6.45, 7) is 8.22. The molecule has 0 radical (unpaired) electrons. The topological polar surface area (TPSA) is 84.0 Å². The highest BCUT2D eigenvalue weighted by Gasteiger charge is 2.08. The lowest BCUT2D eigenvalue weighted by atomic mass is 10.1. The van der Waals surface area contributed by atoms with E-state index in [4.69, 9.17) is 9.47 Å². The van der Waals surface area contributed by atoms with Gasteiger partial charge in [-0.2, -0.15) is 0 Å². The maximum Gasteiger partial charge on any atom is 0.221 e. The van der Waals surface area contributed by atoms with Gasteiger partial charge in [0.15, 0.2) is 5.96 Å². The summed E-state index contributed by atoms with van der Waals surface area (Å²) in [5.41, 5.74) is 2.18. The number of hydrogen-bond acceptors (Lipinski definition) is 4. The highest BCUT2D eigenvalue weighted by Crippen LogP contribution is 2.20. The lowest BCUT2D eigenvalue weighted by Crippen LogP contribution is -2.40. The minimum absolute atomic E-state index is 0. The van der Waals surface area contributed by atoms with Gasteiger partial charge in [0.1, 0.15) is 12.4 Å². The van der Waals surface area contributed by atoms with E-state index in [2.05, 4.69) is 27.0 Å². The van der Waals surface area contributed by atoms with Crippen LogP contribution in [-0.2, 0) is 16.1 Å². The van der Waals surface area contributed by atoms with Crippen molar-refractivity contribution in [2.75, 3.05) is 33.9 Å². The highest BCUT2D eigenvalue weighted by atomic mass is 127. The Bertz CT molecular complexity index is 611. The summed E-state index contributed by atoms with van der Waals surface area (Å²) in [5.74, 6) is 1.53. The fourth-order valence-corrected chi connectivity index (χ4v) is 2.32. The quantitative estimate of drug-likeness (QED) is 0.186. The molecule has 8 heteroatoms. The molecule has 0 aliphatic carbocycles. The molecule has 0 saturated carbocycles. The molecule has 1 amide bonds. The Kier molecular flexibility index (Phi) is 14.5. The number of nitrogens with zero attached hydrogens (tertiary/aromatic N) is 1. The first-order chi connectivity index (χ1) is 13.0. The molecule has 1 aromatic carbocycles. The van der Waals surface area contributed by atoms with Crippen LogP contribution in [0, 0.1) is 6.92 Å². The summed E-state index contributed by atoms with van der Waals surface area (Å²) < 4.78 is 10.8. The summed E-state index contributed by atoms with van der Waals surface area (Å²) in [6, 6.07) is 6.31. The van der Waals surface area contributed by atoms with Crippen molar-refractivity contribution in [3.63, 3.8) is 0 Å². The largest absolute Gasteiger partial charge is 0.491 e. The Morgan fingerprint density at radius 2 is 2.00 bits per heavy atom. The van der Waals surface area contributed by atoms with E-state index in [1.165, 1.54) is 0 Å². The van der Waals surface area contributed by atoms with Crippen molar-refractivity contribution in [3.05, 3.63) is 29.3 Å². The monoisotopic (exact) mass is 506 g/mol. The zero-order valence-electron chi connectivity index (χ0n) is 17.6. The van der Waals surface area contributed by atoms with Gasteiger partial charge in [-0.15, -0.1) is 24.0 Å². The van der Waals surface area contributed by atoms with Crippen LogP contribution in [0.25, 0.3) is 0 Å². The predicted molar refractivity (Wildman–Crippen MR) is 125 cm³/mol. The van der Waals surface area contributed by atoms with Crippen LogP contribution in [0.15, 0.2) is 23.2 Å². The number of methoxy groups -OCH3 is 1. The van der Waals surface area contributed by atoms with E-state index in [0.717, 1.165) is 23.3 Å². The molecule has 0 spiro atoms. The van der Waals surface area contributed by atoms with Gasteiger partial charge in [-0.3, -0.25) is 9.79 Å². The number of aliphatic imine (C=N–C) groups is 1. The van der Waals surface area contributed by atoms with Crippen LogP contribution in [0.5, 0.6) is 5.75 Å². The molecule has 3 N–H and O–H groups in total. The van der Waals surface area contributed by atoms with Crippen molar-refractivity contribution in [2.45, 2.75) is 46.2 Å². The smallest absolute Gasteiger partial charge is 0.221 e. The van der Waals surface area contributed by atoms with E-state index in [1.807, 2.05) is 32.9 Å². The number of guanidine groups is 1. The number of halogens is 1. The molecule has 0 heterocycles. The minimum atomic E-state index is 0. The summed E-state index contributed by atoms with van der Waals surface area (Å²) in [6.07, 6.45) is 1.33. The third kappa shape index (κ3) is 10.7. The van der Waals surface area contributed by atoms with E-state index < -0.39 is 0 Å². The summed E-state index contributed by atoms with van der Waals surface area (Å²) in [4.78, 5) is 16.0. The Balaban J connectivity index is 0.00000729. The van der Waals surface area contributed by atoms with E-state index in [1.54, 1.807) is 14.2 Å². The normalized spacial score (nSPS) is 12.0. The van der Waals surface area contributed by atoms with Gasteiger partial charge in [0.2, 0.25) is 5.91 Å². The first kappa shape index (κ1) is 26.4. The van der Waals surface area contributed by atoms with Crippen LogP contribution in [0.3, 0.4) is 0 Å². The van der Waals surface area contributed by atoms with Gasteiger partial charge in [0.05, 0.1) is 6.61 Å². The summed E-state index contributed by atoms with van der Waals surface area (Å²) in [5, 5.41) is 9.37. The molecule has 28 heavy (non-hydrogen) atoms. The predicted octanol–water partition coefficient (Wildman–Crippen LogP) is 2.61. The molecule has 0 aliphatic heterocycles. The van der Waals surface area contributed by atoms with Gasteiger partial charge in [-0.25, -0.2) is 0 Å². The van der Waals surface area contributed by atoms with Crippen LogP contribution < -0.4 is 20.7 Å². The molecule has 0 saturated heterocycles. The Morgan fingerprint density at radius 3 is 2.64 bits per heavy atom. The number of carbonyl (C=O) groups is 1. The fraction of sp³-hybridized carbons (Fsp3) is 0.600. The van der Waals surface area contributed by atoms with Crippen molar-refractivity contribution < 1.29 is 14.3 Å². The Labute approximate surface area is 186 Å². The average molecular weight is 506 g/mol. The number of amides is 1. The molecule has 7 nitrogen and oxygen atoms in total. The van der Waals surface area contributed by atoms with Crippen molar-refractivity contribution >= 4 is 35.8 Å². The van der Waals surface area contributed by atoms with E-state index in [9.17, 15) is 4.79 Å². The van der Waals surface area contributed by atoms with Crippen LogP contribution in [0.1, 0.15) is 37.8 Å². The second kappa shape index (κ2) is 15.4.